The lowest BCUT2D eigenvalue weighted by Crippen LogP contribution is -2.10. The fourth-order valence-corrected chi connectivity index (χ4v) is 2.51. The Balaban J connectivity index is 1.66. The van der Waals surface area contributed by atoms with E-state index in [4.69, 9.17) is 5.73 Å². The number of fused-ring (bicyclic) bond motifs is 1. The Bertz CT molecular complexity index is 903. The van der Waals surface area contributed by atoms with E-state index in [0.29, 0.717) is 17.6 Å². The monoisotopic (exact) mass is 319 g/mol. The van der Waals surface area contributed by atoms with Crippen LogP contribution in [-0.2, 0) is 0 Å². The van der Waals surface area contributed by atoms with Gasteiger partial charge in [-0.2, -0.15) is 4.98 Å². The van der Waals surface area contributed by atoms with Crippen molar-refractivity contribution < 1.29 is 4.79 Å². The molecule has 1 aliphatic rings. The van der Waals surface area contributed by atoms with Crippen molar-refractivity contribution in [3.8, 4) is 0 Å². The van der Waals surface area contributed by atoms with E-state index in [2.05, 4.69) is 20.6 Å². The molecule has 6 heteroatoms. The average Bonchev–Trinajstić information content (AvgIpc) is 3.39. The Morgan fingerprint density at radius 2 is 1.79 bits per heavy atom. The second-order valence-electron chi connectivity index (χ2n) is 5.90. The minimum Gasteiger partial charge on any atom is -0.367 e. The van der Waals surface area contributed by atoms with Gasteiger partial charge in [-0.25, -0.2) is 4.98 Å². The van der Waals surface area contributed by atoms with Crippen molar-refractivity contribution in [2.24, 2.45) is 5.73 Å². The molecule has 1 saturated carbocycles. The summed E-state index contributed by atoms with van der Waals surface area (Å²) in [6.45, 7) is 0. The molecule has 0 atom stereocenters. The number of hydrogen-bond acceptors (Lipinski definition) is 5. The van der Waals surface area contributed by atoms with Gasteiger partial charge in [0, 0.05) is 22.7 Å². The number of hydrogen-bond donors (Lipinski definition) is 3. The normalized spacial score (nSPS) is 13.7. The molecule has 6 nitrogen and oxygen atoms in total. The lowest BCUT2D eigenvalue weighted by atomic mass is 10.2. The van der Waals surface area contributed by atoms with Crippen molar-refractivity contribution in [2.75, 3.05) is 10.6 Å². The van der Waals surface area contributed by atoms with Crippen molar-refractivity contribution in [2.45, 2.75) is 18.9 Å². The molecule has 0 aliphatic heterocycles. The summed E-state index contributed by atoms with van der Waals surface area (Å²) >= 11 is 0. The largest absolute Gasteiger partial charge is 0.367 e. The molecule has 2 aromatic carbocycles. The van der Waals surface area contributed by atoms with Gasteiger partial charge in [0.25, 0.3) is 0 Å². The predicted octanol–water partition coefficient (Wildman–Crippen LogP) is 3.05. The van der Waals surface area contributed by atoms with E-state index in [0.717, 1.165) is 22.4 Å². The van der Waals surface area contributed by atoms with Crippen LogP contribution in [0.1, 0.15) is 23.2 Å². The molecule has 1 amide bonds. The number of benzene rings is 2. The molecule has 4 rings (SSSR count). The highest BCUT2D eigenvalue weighted by molar-refractivity contribution is 5.93. The van der Waals surface area contributed by atoms with Gasteiger partial charge in [-0.15, -0.1) is 0 Å². The van der Waals surface area contributed by atoms with E-state index in [-0.39, 0.29) is 0 Å². The van der Waals surface area contributed by atoms with Gasteiger partial charge in [0.15, 0.2) is 0 Å². The van der Waals surface area contributed by atoms with E-state index in [9.17, 15) is 4.79 Å². The van der Waals surface area contributed by atoms with Gasteiger partial charge in [0.05, 0.1) is 5.52 Å². The number of carbonyl (C=O) groups excluding carboxylic acids is 1. The van der Waals surface area contributed by atoms with Crippen LogP contribution < -0.4 is 16.4 Å². The summed E-state index contributed by atoms with van der Waals surface area (Å²) in [5.74, 6) is 0.919. The van der Waals surface area contributed by atoms with E-state index in [1.807, 2.05) is 24.3 Å². The molecule has 1 aliphatic carbocycles. The first kappa shape index (κ1) is 14.4. The van der Waals surface area contributed by atoms with Crippen molar-refractivity contribution in [1.29, 1.82) is 0 Å². The van der Waals surface area contributed by atoms with Crippen LogP contribution in [-0.4, -0.2) is 21.9 Å². The second-order valence-corrected chi connectivity index (χ2v) is 5.90. The first-order valence-corrected chi connectivity index (χ1v) is 7.89. The summed E-state index contributed by atoms with van der Waals surface area (Å²) in [7, 11) is 0. The zero-order valence-electron chi connectivity index (χ0n) is 13.0. The van der Waals surface area contributed by atoms with Gasteiger partial charge >= 0.3 is 0 Å². The maximum absolute atomic E-state index is 11.1. The quantitative estimate of drug-likeness (QED) is 0.672. The van der Waals surface area contributed by atoms with Gasteiger partial charge in [-0.1, -0.05) is 12.1 Å². The summed E-state index contributed by atoms with van der Waals surface area (Å²) < 4.78 is 0. The van der Waals surface area contributed by atoms with Crippen LogP contribution in [0, 0.1) is 0 Å². The Kier molecular flexibility index (Phi) is 3.49. The minimum atomic E-state index is -0.445. The van der Waals surface area contributed by atoms with Crippen LogP contribution in [0.25, 0.3) is 10.9 Å². The molecule has 0 radical (unpaired) electrons. The van der Waals surface area contributed by atoms with Crippen molar-refractivity contribution >= 4 is 34.3 Å². The van der Waals surface area contributed by atoms with Crippen LogP contribution in [0.3, 0.4) is 0 Å². The lowest BCUT2D eigenvalue weighted by molar-refractivity contribution is 0.100. The molecule has 1 heterocycles. The number of nitrogens with zero attached hydrogens (tertiary/aromatic N) is 2. The third-order valence-corrected chi connectivity index (χ3v) is 3.95. The zero-order valence-corrected chi connectivity index (χ0v) is 13.0. The van der Waals surface area contributed by atoms with E-state index in [1.165, 1.54) is 12.8 Å². The van der Waals surface area contributed by atoms with E-state index in [1.54, 1.807) is 24.3 Å². The Morgan fingerprint density at radius 1 is 1.04 bits per heavy atom. The van der Waals surface area contributed by atoms with Crippen molar-refractivity contribution in [1.82, 2.24) is 9.97 Å². The summed E-state index contributed by atoms with van der Waals surface area (Å²) in [5, 5.41) is 7.65. The number of rotatable bonds is 5. The molecular formula is C18H17N5O. The zero-order chi connectivity index (χ0) is 16.5. The average molecular weight is 319 g/mol. The SMILES string of the molecule is NC(=O)c1ccc(Nc2nc(NC3CC3)c3ccccc3n2)cc1. The Morgan fingerprint density at radius 3 is 2.50 bits per heavy atom. The van der Waals surface area contributed by atoms with Gasteiger partial charge in [0.1, 0.15) is 5.82 Å². The molecule has 1 fully saturated rings. The maximum Gasteiger partial charge on any atom is 0.248 e. The highest BCUT2D eigenvalue weighted by Gasteiger charge is 2.22. The molecule has 1 aromatic heterocycles. The molecule has 0 unspecified atom stereocenters. The van der Waals surface area contributed by atoms with Crippen LogP contribution in [0.5, 0.6) is 0 Å². The molecule has 0 bridgehead atoms. The summed E-state index contributed by atoms with van der Waals surface area (Å²) in [4.78, 5) is 20.3. The lowest BCUT2D eigenvalue weighted by Gasteiger charge is -2.11. The standard InChI is InChI=1S/C18H17N5O/c19-16(24)11-5-7-13(8-6-11)21-18-22-15-4-2-1-3-14(15)17(23-18)20-12-9-10-12/h1-8,12H,9-10H2,(H2,19,24)(H2,20,21,22,23). The number of carbonyl (C=O) groups is 1. The van der Waals surface area contributed by atoms with Crippen LogP contribution >= 0.6 is 0 Å². The van der Waals surface area contributed by atoms with Crippen LogP contribution in [0.4, 0.5) is 17.5 Å². The van der Waals surface area contributed by atoms with E-state index >= 15 is 0 Å². The highest BCUT2D eigenvalue weighted by atomic mass is 16.1. The smallest absolute Gasteiger partial charge is 0.248 e. The number of anilines is 3. The summed E-state index contributed by atoms with van der Waals surface area (Å²) in [5.41, 5.74) is 7.41. The van der Waals surface area contributed by atoms with Gasteiger partial charge < -0.3 is 16.4 Å². The molecule has 3 aromatic rings. The third kappa shape index (κ3) is 2.99. The first-order valence-electron chi connectivity index (χ1n) is 7.89. The van der Waals surface area contributed by atoms with Gasteiger partial charge in [-0.3, -0.25) is 4.79 Å². The predicted molar refractivity (Wildman–Crippen MR) is 94.4 cm³/mol. The second kappa shape index (κ2) is 5.81. The number of nitrogens with two attached hydrogens (primary N) is 1. The molecule has 0 spiro atoms. The van der Waals surface area contributed by atoms with Crippen LogP contribution in [0.2, 0.25) is 0 Å². The fourth-order valence-electron chi connectivity index (χ4n) is 2.51. The number of nitrogens with one attached hydrogen (secondary N) is 2. The third-order valence-electron chi connectivity index (χ3n) is 3.95. The molecule has 4 N–H and O–H groups in total. The van der Waals surface area contributed by atoms with Gasteiger partial charge in [0.2, 0.25) is 11.9 Å². The maximum atomic E-state index is 11.1. The number of primary amides is 1. The number of amides is 1. The summed E-state index contributed by atoms with van der Waals surface area (Å²) in [6.07, 6.45) is 2.35. The van der Waals surface area contributed by atoms with Crippen molar-refractivity contribution in [3.63, 3.8) is 0 Å². The molecule has 24 heavy (non-hydrogen) atoms. The van der Waals surface area contributed by atoms with E-state index < -0.39 is 5.91 Å². The number of aromatic nitrogens is 2. The van der Waals surface area contributed by atoms with Gasteiger partial charge in [-0.05, 0) is 49.2 Å². The molecule has 0 saturated heterocycles. The van der Waals surface area contributed by atoms with Crippen LogP contribution in [0.15, 0.2) is 48.5 Å². The Hall–Kier alpha value is -3.15. The molecule has 120 valence electrons. The summed E-state index contributed by atoms with van der Waals surface area (Å²) in [6, 6.07) is 15.4. The van der Waals surface area contributed by atoms with Crippen molar-refractivity contribution in [3.05, 3.63) is 54.1 Å². The first-order chi connectivity index (χ1) is 11.7. The topological polar surface area (TPSA) is 92.9 Å². The Labute approximate surface area is 139 Å². The minimum absolute atomic E-state index is 0.445. The highest BCUT2D eigenvalue weighted by Crippen LogP contribution is 2.29. The fraction of sp³-hybridized carbons (Fsp3) is 0.167. The number of para-hydroxylation sites is 1. The molecular weight excluding hydrogens is 302 g/mol.